The summed E-state index contributed by atoms with van der Waals surface area (Å²) in [5, 5.41) is 14.8. The zero-order chi connectivity index (χ0) is 25.9. The van der Waals surface area contributed by atoms with Gasteiger partial charge in [0.1, 0.15) is 0 Å². The predicted octanol–water partition coefficient (Wildman–Crippen LogP) is 4.59. The number of nitrogens with zero attached hydrogens (tertiary/aromatic N) is 1. The number of rotatable bonds is 14. The molecule has 1 fully saturated rings. The minimum Gasteiger partial charge on any atom is -0.495 e. The van der Waals surface area contributed by atoms with Crippen LogP contribution in [0.25, 0.3) is 10.9 Å². The van der Waals surface area contributed by atoms with Crippen LogP contribution >= 0.6 is 0 Å². The SMILES string of the molecule is COCCOCOc1ccc(C/C=C(/O)NCCN2CCC(c3c[nH]c4ccccc34)CC2)cc1OC. The number of hydrogen-bond acceptors (Lipinski definition) is 7. The third kappa shape index (κ3) is 7.64. The highest BCUT2D eigenvalue weighted by atomic mass is 16.7. The van der Waals surface area contributed by atoms with Gasteiger partial charge in [0.2, 0.25) is 0 Å². The molecule has 3 aromatic rings. The highest BCUT2D eigenvalue weighted by Gasteiger charge is 2.22. The lowest BCUT2D eigenvalue weighted by atomic mass is 9.89. The van der Waals surface area contributed by atoms with Crippen molar-refractivity contribution >= 4 is 10.9 Å². The van der Waals surface area contributed by atoms with Crippen molar-refractivity contribution in [1.82, 2.24) is 15.2 Å². The second-order valence-corrected chi connectivity index (χ2v) is 9.27. The molecule has 1 aliphatic heterocycles. The summed E-state index contributed by atoms with van der Waals surface area (Å²) in [6.07, 6.45) is 6.86. The highest BCUT2D eigenvalue weighted by molar-refractivity contribution is 5.83. The Morgan fingerprint density at radius 2 is 1.95 bits per heavy atom. The van der Waals surface area contributed by atoms with Crippen molar-refractivity contribution in [3.63, 3.8) is 0 Å². The zero-order valence-electron chi connectivity index (χ0n) is 21.9. The van der Waals surface area contributed by atoms with Crippen LogP contribution in [0.5, 0.6) is 11.5 Å². The lowest BCUT2D eigenvalue weighted by Crippen LogP contribution is -2.37. The molecule has 2 aromatic carbocycles. The Balaban J connectivity index is 1.17. The summed E-state index contributed by atoms with van der Waals surface area (Å²) >= 11 is 0. The van der Waals surface area contributed by atoms with Gasteiger partial charge in [0.05, 0.1) is 20.3 Å². The first-order valence-electron chi connectivity index (χ1n) is 13.0. The summed E-state index contributed by atoms with van der Waals surface area (Å²) < 4.78 is 21.4. The Morgan fingerprint density at radius 3 is 2.76 bits per heavy atom. The van der Waals surface area contributed by atoms with Crippen LogP contribution in [0.15, 0.2) is 60.6 Å². The minimum atomic E-state index is 0.129. The van der Waals surface area contributed by atoms with Gasteiger partial charge in [-0.25, -0.2) is 0 Å². The number of piperidine rings is 1. The van der Waals surface area contributed by atoms with E-state index in [1.165, 1.54) is 16.5 Å². The molecule has 0 amide bonds. The maximum absolute atomic E-state index is 10.3. The van der Waals surface area contributed by atoms with Crippen LogP contribution in [0.3, 0.4) is 0 Å². The summed E-state index contributed by atoms with van der Waals surface area (Å²) in [4.78, 5) is 5.88. The zero-order valence-corrected chi connectivity index (χ0v) is 21.9. The average molecular weight is 510 g/mol. The molecule has 0 aliphatic carbocycles. The number of ether oxygens (including phenoxy) is 4. The van der Waals surface area contributed by atoms with Gasteiger partial charge in [0.15, 0.2) is 24.2 Å². The third-order valence-corrected chi connectivity index (χ3v) is 6.87. The number of allylic oxidation sites excluding steroid dienone is 1. The molecule has 4 rings (SSSR count). The molecule has 0 unspecified atom stereocenters. The Bertz CT molecular complexity index is 1140. The first-order chi connectivity index (χ1) is 18.2. The molecular weight excluding hydrogens is 470 g/mol. The van der Waals surface area contributed by atoms with Gasteiger partial charge in [-0.1, -0.05) is 24.3 Å². The van der Waals surface area contributed by atoms with Crippen molar-refractivity contribution in [3.8, 4) is 11.5 Å². The van der Waals surface area contributed by atoms with Gasteiger partial charge in [-0.3, -0.25) is 0 Å². The van der Waals surface area contributed by atoms with E-state index in [1.54, 1.807) is 20.3 Å². The lowest BCUT2D eigenvalue weighted by molar-refractivity contribution is -0.00945. The maximum Gasteiger partial charge on any atom is 0.189 e. The number of aliphatic hydroxyl groups is 1. The van der Waals surface area contributed by atoms with Crippen molar-refractivity contribution in [3.05, 3.63) is 71.7 Å². The van der Waals surface area contributed by atoms with Crippen molar-refractivity contribution in [2.24, 2.45) is 0 Å². The van der Waals surface area contributed by atoms with Crippen LogP contribution in [0.1, 0.15) is 29.9 Å². The molecular formula is C29H39N3O5. The van der Waals surface area contributed by atoms with Gasteiger partial charge in [0.25, 0.3) is 0 Å². The van der Waals surface area contributed by atoms with Crippen molar-refractivity contribution < 1.29 is 24.1 Å². The first kappa shape index (κ1) is 26.9. The number of hydrogen-bond donors (Lipinski definition) is 3. The van der Waals surface area contributed by atoms with E-state index < -0.39 is 0 Å². The molecule has 0 atom stereocenters. The van der Waals surface area contributed by atoms with Crippen LogP contribution < -0.4 is 14.8 Å². The van der Waals surface area contributed by atoms with E-state index >= 15 is 0 Å². The standard InChI is InChI=1S/C29H39N3O5/c1-34-17-18-36-21-37-27-9-7-22(19-28(27)35-2)8-10-29(33)30-13-16-32-14-11-23(12-15-32)25-20-31-26-6-4-3-5-24(25)26/h3-7,9-10,19-20,23,30-31,33H,8,11-18,21H2,1-2H3/b29-10+. The van der Waals surface area contributed by atoms with E-state index in [0.717, 1.165) is 38.0 Å². The summed E-state index contributed by atoms with van der Waals surface area (Å²) in [7, 11) is 3.24. The normalized spacial score (nSPS) is 15.2. The number of fused-ring (bicyclic) bond motifs is 1. The summed E-state index contributed by atoms with van der Waals surface area (Å²) in [5.74, 6) is 2.04. The fourth-order valence-corrected chi connectivity index (χ4v) is 4.79. The molecule has 8 nitrogen and oxygen atoms in total. The third-order valence-electron chi connectivity index (χ3n) is 6.87. The largest absolute Gasteiger partial charge is 0.495 e. The molecule has 8 heteroatoms. The van der Waals surface area contributed by atoms with Gasteiger partial charge in [0, 0.05) is 37.3 Å². The van der Waals surface area contributed by atoms with Crippen LogP contribution in [-0.2, 0) is 15.9 Å². The lowest BCUT2D eigenvalue weighted by Gasteiger charge is -2.32. The highest BCUT2D eigenvalue weighted by Crippen LogP contribution is 2.33. The smallest absolute Gasteiger partial charge is 0.189 e. The molecule has 0 spiro atoms. The molecule has 0 radical (unpaired) electrons. The molecule has 37 heavy (non-hydrogen) atoms. The second-order valence-electron chi connectivity index (χ2n) is 9.27. The average Bonchev–Trinajstić information content (AvgIpc) is 3.37. The molecule has 1 aromatic heterocycles. The predicted molar refractivity (Wildman–Crippen MR) is 145 cm³/mol. The number of likely N-dealkylation sites (tertiary alicyclic amines) is 1. The second kappa shape index (κ2) is 13.9. The van der Waals surface area contributed by atoms with Gasteiger partial charge >= 0.3 is 0 Å². The van der Waals surface area contributed by atoms with Crippen LogP contribution in [0, 0.1) is 0 Å². The van der Waals surface area contributed by atoms with E-state index in [-0.39, 0.29) is 12.7 Å². The maximum atomic E-state index is 10.3. The quantitative estimate of drug-likeness (QED) is 0.166. The monoisotopic (exact) mass is 509 g/mol. The van der Waals surface area contributed by atoms with Gasteiger partial charge in [-0.15, -0.1) is 0 Å². The fraction of sp³-hybridized carbons (Fsp3) is 0.448. The van der Waals surface area contributed by atoms with Crippen LogP contribution in [0.4, 0.5) is 0 Å². The topological polar surface area (TPSA) is 88.2 Å². The molecule has 200 valence electrons. The molecule has 3 N–H and O–H groups in total. The number of H-pyrrole nitrogens is 1. The number of benzene rings is 2. The van der Waals surface area contributed by atoms with Gasteiger partial charge in [-0.05, 0) is 73.7 Å². The van der Waals surface area contributed by atoms with Gasteiger partial charge in [-0.2, -0.15) is 0 Å². The summed E-state index contributed by atoms with van der Waals surface area (Å²) in [5.41, 5.74) is 3.68. The number of aliphatic hydroxyl groups excluding tert-OH is 1. The number of methoxy groups -OCH3 is 2. The van der Waals surface area contributed by atoms with Crippen molar-refractivity contribution in [2.45, 2.75) is 25.2 Å². The Morgan fingerprint density at radius 1 is 1.11 bits per heavy atom. The number of aromatic nitrogens is 1. The number of nitrogens with one attached hydrogen (secondary N) is 2. The molecule has 2 heterocycles. The van der Waals surface area contributed by atoms with Crippen LogP contribution in [-0.4, -0.2) is 75.4 Å². The van der Waals surface area contributed by atoms with Crippen LogP contribution in [0.2, 0.25) is 0 Å². The first-order valence-corrected chi connectivity index (χ1v) is 13.0. The molecule has 0 saturated carbocycles. The van der Waals surface area contributed by atoms with E-state index in [0.29, 0.717) is 43.6 Å². The fourth-order valence-electron chi connectivity index (χ4n) is 4.79. The number of para-hydroxylation sites is 1. The van der Waals surface area contributed by atoms with E-state index in [2.05, 4.69) is 45.7 Å². The van der Waals surface area contributed by atoms with Gasteiger partial charge < -0.3 is 39.3 Å². The van der Waals surface area contributed by atoms with E-state index in [9.17, 15) is 5.11 Å². The van der Waals surface area contributed by atoms with E-state index in [1.807, 2.05) is 18.2 Å². The number of aromatic amines is 1. The Kier molecular flexibility index (Phi) is 10.1. The van der Waals surface area contributed by atoms with Crippen molar-refractivity contribution in [2.75, 3.05) is 60.4 Å². The summed E-state index contributed by atoms with van der Waals surface area (Å²) in [6.45, 7) is 4.88. The molecule has 1 aliphatic rings. The Hall–Kier alpha value is -3.20. The molecule has 1 saturated heterocycles. The van der Waals surface area contributed by atoms with E-state index in [4.69, 9.17) is 18.9 Å². The minimum absolute atomic E-state index is 0.129. The molecule has 0 bridgehead atoms. The van der Waals surface area contributed by atoms with Crippen molar-refractivity contribution in [1.29, 1.82) is 0 Å². The Labute approximate surface area is 219 Å². The summed E-state index contributed by atoms with van der Waals surface area (Å²) in [6, 6.07) is 14.3.